The smallest absolute Gasteiger partial charge is 0.407 e. The minimum absolute atomic E-state index is 0.00298. The normalized spacial score (nSPS) is 22.3. The number of ether oxygens (including phenoxy) is 1. The molecule has 0 aliphatic heterocycles. The lowest BCUT2D eigenvalue weighted by molar-refractivity contribution is -0.148. The monoisotopic (exact) mass is 476 g/mol. The first kappa shape index (κ1) is 23.4. The van der Waals surface area contributed by atoms with E-state index in [0.717, 1.165) is 36.8 Å². The highest BCUT2D eigenvalue weighted by Crippen LogP contribution is 2.44. The number of hydrogen-bond acceptors (Lipinski definition) is 4. The molecular formula is C28H32N2O5. The van der Waals surface area contributed by atoms with Crippen LogP contribution in [0.3, 0.4) is 0 Å². The van der Waals surface area contributed by atoms with E-state index in [9.17, 15) is 19.5 Å². The van der Waals surface area contributed by atoms with E-state index in [2.05, 4.69) is 34.9 Å². The molecule has 7 heteroatoms. The summed E-state index contributed by atoms with van der Waals surface area (Å²) in [7, 11) is 0. The molecule has 3 aliphatic rings. The Morgan fingerprint density at radius 1 is 0.914 bits per heavy atom. The minimum atomic E-state index is -1.13. The second-order valence-corrected chi connectivity index (χ2v) is 10.1. The van der Waals surface area contributed by atoms with Gasteiger partial charge in [-0.1, -0.05) is 67.8 Å². The van der Waals surface area contributed by atoms with Gasteiger partial charge in [-0.25, -0.2) is 9.59 Å². The summed E-state index contributed by atoms with van der Waals surface area (Å²) in [5.41, 5.74) is 3.54. The van der Waals surface area contributed by atoms with Crippen LogP contribution in [0.2, 0.25) is 0 Å². The first-order valence-corrected chi connectivity index (χ1v) is 12.6. The lowest BCUT2D eigenvalue weighted by Gasteiger charge is -2.28. The minimum Gasteiger partial charge on any atom is -0.480 e. The van der Waals surface area contributed by atoms with Gasteiger partial charge in [-0.05, 0) is 53.9 Å². The van der Waals surface area contributed by atoms with E-state index >= 15 is 0 Å². The first-order valence-electron chi connectivity index (χ1n) is 12.6. The van der Waals surface area contributed by atoms with E-state index in [0.29, 0.717) is 25.8 Å². The van der Waals surface area contributed by atoms with Gasteiger partial charge in [0.05, 0.1) is 0 Å². The van der Waals surface area contributed by atoms with Crippen LogP contribution in [0.15, 0.2) is 48.5 Å². The van der Waals surface area contributed by atoms with Gasteiger partial charge >= 0.3 is 12.1 Å². The Balaban J connectivity index is 1.16. The van der Waals surface area contributed by atoms with Crippen molar-refractivity contribution in [2.45, 2.75) is 56.4 Å². The largest absolute Gasteiger partial charge is 0.480 e. The molecule has 2 amide bonds. The average molecular weight is 477 g/mol. The fraction of sp³-hybridized carbons (Fsp3) is 0.464. The van der Waals surface area contributed by atoms with E-state index in [4.69, 9.17) is 4.74 Å². The van der Waals surface area contributed by atoms with Crippen molar-refractivity contribution in [2.24, 2.45) is 11.8 Å². The van der Waals surface area contributed by atoms with Gasteiger partial charge in [0.25, 0.3) is 0 Å². The number of rotatable bonds is 7. The van der Waals surface area contributed by atoms with Gasteiger partial charge in [-0.15, -0.1) is 0 Å². The molecule has 3 aliphatic carbocycles. The summed E-state index contributed by atoms with van der Waals surface area (Å²) in [6.45, 7) is 0.588. The molecule has 5 rings (SSSR count). The Morgan fingerprint density at radius 2 is 1.54 bits per heavy atom. The number of alkyl carbamates (subject to hydrolysis) is 1. The molecule has 3 N–H and O–H groups in total. The number of fused-ring (bicyclic) bond motifs is 3. The van der Waals surface area contributed by atoms with Gasteiger partial charge in [0.15, 0.2) is 0 Å². The van der Waals surface area contributed by atoms with Gasteiger partial charge in [0, 0.05) is 18.4 Å². The van der Waals surface area contributed by atoms with E-state index in [-0.39, 0.29) is 30.3 Å². The molecule has 2 aromatic carbocycles. The van der Waals surface area contributed by atoms with Crippen molar-refractivity contribution < 1.29 is 24.2 Å². The molecule has 0 bridgehead atoms. The van der Waals surface area contributed by atoms with Crippen molar-refractivity contribution in [1.82, 2.24) is 10.6 Å². The summed E-state index contributed by atoms with van der Waals surface area (Å²) in [5, 5.41) is 15.4. The van der Waals surface area contributed by atoms with E-state index < -0.39 is 17.6 Å². The molecule has 2 fully saturated rings. The number of amides is 2. The van der Waals surface area contributed by atoms with Crippen LogP contribution in [0.4, 0.5) is 4.79 Å². The number of benzene rings is 2. The predicted molar refractivity (Wildman–Crippen MR) is 131 cm³/mol. The molecule has 0 spiro atoms. The van der Waals surface area contributed by atoms with Crippen LogP contribution in [0.25, 0.3) is 11.1 Å². The standard InChI is InChI=1S/C28H32N2O5/c31-25(30-28(26(32)33)14-5-6-15-28)19-13-7-8-18(19)16-29-27(34)35-17-24-22-11-3-1-9-20(22)21-10-2-4-12-23(21)24/h1-4,9-12,18-19,24H,5-8,13-17H2,(H,29,34)(H,30,31)(H,32,33)/t18-,19-/m1/s1. The maximum absolute atomic E-state index is 13.0. The van der Waals surface area contributed by atoms with Gasteiger partial charge in [0.1, 0.15) is 12.1 Å². The number of carbonyl (C=O) groups is 3. The Bertz CT molecular complexity index is 1080. The second-order valence-electron chi connectivity index (χ2n) is 10.1. The third-order valence-corrected chi connectivity index (χ3v) is 8.08. The van der Waals surface area contributed by atoms with E-state index in [1.165, 1.54) is 11.1 Å². The van der Waals surface area contributed by atoms with Gasteiger partial charge in [-0.3, -0.25) is 4.79 Å². The average Bonchev–Trinajstić information content (AvgIpc) is 3.60. The number of carboxylic acids is 1. The van der Waals surface area contributed by atoms with Crippen LogP contribution in [0.1, 0.15) is 62.0 Å². The Morgan fingerprint density at radius 3 is 2.17 bits per heavy atom. The Kier molecular flexibility index (Phi) is 6.50. The van der Waals surface area contributed by atoms with Crippen LogP contribution in [0.5, 0.6) is 0 Å². The summed E-state index contributed by atoms with van der Waals surface area (Å²) >= 11 is 0. The molecule has 2 aromatic rings. The lowest BCUT2D eigenvalue weighted by Crippen LogP contribution is -2.54. The zero-order valence-electron chi connectivity index (χ0n) is 19.8. The molecule has 0 radical (unpaired) electrons. The van der Waals surface area contributed by atoms with Crippen LogP contribution >= 0.6 is 0 Å². The fourth-order valence-electron chi connectivity index (χ4n) is 6.19. The van der Waals surface area contributed by atoms with Crippen molar-refractivity contribution in [1.29, 1.82) is 0 Å². The highest BCUT2D eigenvalue weighted by molar-refractivity contribution is 5.88. The summed E-state index contributed by atoms with van der Waals surface area (Å²) in [6.07, 6.45) is 4.49. The first-order chi connectivity index (χ1) is 17.0. The molecule has 0 aromatic heterocycles. The summed E-state index contributed by atoms with van der Waals surface area (Å²) in [6, 6.07) is 16.4. The third kappa shape index (κ3) is 4.51. The van der Waals surface area contributed by atoms with Crippen LogP contribution in [0, 0.1) is 11.8 Å². The molecule has 184 valence electrons. The molecular weight excluding hydrogens is 444 g/mol. The molecule has 0 heterocycles. The number of hydrogen-bond donors (Lipinski definition) is 3. The maximum Gasteiger partial charge on any atom is 0.407 e. The quantitative estimate of drug-likeness (QED) is 0.547. The SMILES string of the molecule is O=C(NC[C@H]1CCC[C@H]1C(=O)NC1(C(=O)O)CCCC1)OCC1c2ccccc2-c2ccccc21. The maximum atomic E-state index is 13.0. The molecule has 2 atom stereocenters. The van der Waals surface area contributed by atoms with Gasteiger partial charge in [-0.2, -0.15) is 0 Å². The Labute approximate surface area is 205 Å². The zero-order chi connectivity index (χ0) is 24.4. The van der Waals surface area contributed by atoms with Crippen molar-refractivity contribution in [3.8, 4) is 11.1 Å². The second kappa shape index (κ2) is 9.72. The van der Waals surface area contributed by atoms with Crippen LogP contribution < -0.4 is 10.6 Å². The molecule has 7 nitrogen and oxygen atoms in total. The van der Waals surface area contributed by atoms with Crippen molar-refractivity contribution in [2.75, 3.05) is 13.2 Å². The Hall–Kier alpha value is -3.35. The summed E-state index contributed by atoms with van der Waals surface area (Å²) in [4.78, 5) is 37.4. The number of nitrogens with one attached hydrogen (secondary N) is 2. The third-order valence-electron chi connectivity index (χ3n) is 8.08. The summed E-state index contributed by atoms with van der Waals surface area (Å²) in [5.74, 6) is -1.47. The van der Waals surface area contributed by atoms with Gasteiger partial charge < -0.3 is 20.5 Å². The van der Waals surface area contributed by atoms with Gasteiger partial charge in [0.2, 0.25) is 5.91 Å². The predicted octanol–water partition coefficient (Wildman–Crippen LogP) is 4.46. The lowest BCUT2D eigenvalue weighted by atomic mass is 9.91. The van der Waals surface area contributed by atoms with Crippen LogP contribution in [-0.2, 0) is 14.3 Å². The highest BCUT2D eigenvalue weighted by Gasteiger charge is 2.45. The topological polar surface area (TPSA) is 105 Å². The number of carbonyl (C=O) groups excluding carboxylic acids is 2. The fourth-order valence-corrected chi connectivity index (χ4v) is 6.19. The van der Waals surface area contributed by atoms with E-state index in [1.807, 2.05) is 24.3 Å². The summed E-state index contributed by atoms with van der Waals surface area (Å²) < 4.78 is 5.62. The number of carboxylic acid groups (broad SMARTS) is 1. The highest BCUT2D eigenvalue weighted by atomic mass is 16.5. The van der Waals surface area contributed by atoms with Crippen molar-refractivity contribution >= 4 is 18.0 Å². The van der Waals surface area contributed by atoms with E-state index in [1.54, 1.807) is 0 Å². The van der Waals surface area contributed by atoms with Crippen LogP contribution in [-0.4, -0.2) is 41.8 Å². The zero-order valence-corrected chi connectivity index (χ0v) is 19.8. The molecule has 0 unspecified atom stereocenters. The van der Waals surface area contributed by atoms with Crippen molar-refractivity contribution in [3.05, 3.63) is 59.7 Å². The molecule has 0 saturated heterocycles. The molecule has 35 heavy (non-hydrogen) atoms. The van der Waals surface area contributed by atoms with Crippen molar-refractivity contribution in [3.63, 3.8) is 0 Å². The number of aliphatic carboxylic acids is 1. The molecule has 2 saturated carbocycles.